The smallest absolute Gasteiger partial charge is 0.410 e. The lowest BCUT2D eigenvalue weighted by Gasteiger charge is -2.30. The number of carboxylic acids is 1. The highest BCUT2D eigenvalue weighted by molar-refractivity contribution is 5.90. The summed E-state index contributed by atoms with van der Waals surface area (Å²) in [6, 6.07) is 3.27. The molecule has 39 heavy (non-hydrogen) atoms. The van der Waals surface area contributed by atoms with Gasteiger partial charge in [0.1, 0.15) is 23.8 Å². The molecule has 2 aromatic rings. The van der Waals surface area contributed by atoms with Crippen molar-refractivity contribution in [2.45, 2.75) is 77.9 Å². The highest BCUT2D eigenvalue weighted by Gasteiger charge is 2.45. The van der Waals surface area contributed by atoms with Crippen molar-refractivity contribution in [1.82, 2.24) is 29.9 Å². The van der Waals surface area contributed by atoms with E-state index < -0.39 is 47.9 Å². The molecular weight excluding hydrogens is 508 g/mol. The fourth-order valence-electron chi connectivity index (χ4n) is 4.61. The van der Waals surface area contributed by atoms with Crippen molar-refractivity contribution >= 4 is 24.1 Å². The van der Waals surface area contributed by atoms with Crippen LogP contribution < -0.4 is 5.32 Å². The van der Waals surface area contributed by atoms with Gasteiger partial charge in [-0.1, -0.05) is 19.9 Å². The number of carbonyl (C=O) groups is 4. The molecule has 4 rings (SSSR count). The maximum Gasteiger partial charge on any atom is 0.410 e. The van der Waals surface area contributed by atoms with Crippen molar-refractivity contribution in [1.29, 1.82) is 0 Å². The number of rotatable bonds is 6. The van der Waals surface area contributed by atoms with Crippen molar-refractivity contribution in [2.24, 2.45) is 5.92 Å². The summed E-state index contributed by atoms with van der Waals surface area (Å²) in [5.41, 5.74) is 0.832. The van der Waals surface area contributed by atoms with E-state index >= 15 is 0 Å². The number of nitrogens with zero attached hydrogens (tertiary/aromatic N) is 5. The third-order valence-electron chi connectivity index (χ3n) is 6.46. The molecule has 13 nitrogen and oxygen atoms in total. The Morgan fingerprint density at radius 3 is 2.51 bits per heavy atom. The topological polar surface area (TPSA) is 156 Å². The molecule has 0 bridgehead atoms. The highest BCUT2D eigenvalue weighted by atomic mass is 16.6. The van der Waals surface area contributed by atoms with Crippen LogP contribution in [0.4, 0.5) is 9.59 Å². The number of amides is 3. The zero-order valence-corrected chi connectivity index (χ0v) is 22.7. The van der Waals surface area contributed by atoms with Crippen molar-refractivity contribution in [3.63, 3.8) is 0 Å². The predicted octanol–water partition coefficient (Wildman–Crippen LogP) is 2.32. The molecule has 13 heteroatoms. The number of aromatic nitrogens is 3. The van der Waals surface area contributed by atoms with Gasteiger partial charge in [-0.15, -0.1) is 0 Å². The second-order valence-electron chi connectivity index (χ2n) is 11.0. The van der Waals surface area contributed by atoms with Gasteiger partial charge < -0.3 is 24.8 Å². The Bertz CT molecular complexity index is 1240. The first-order valence-corrected chi connectivity index (χ1v) is 12.8. The average molecular weight is 543 g/mol. The lowest BCUT2D eigenvalue weighted by molar-refractivity contribution is -0.149. The van der Waals surface area contributed by atoms with Crippen LogP contribution in [0.15, 0.2) is 30.6 Å². The van der Waals surface area contributed by atoms with Gasteiger partial charge >= 0.3 is 18.2 Å². The number of likely N-dealkylation sites (tertiary alicyclic amines) is 1. The number of aliphatic carboxylic acids is 1. The van der Waals surface area contributed by atoms with Crippen LogP contribution in [0.3, 0.4) is 0 Å². The van der Waals surface area contributed by atoms with Gasteiger partial charge in [0.2, 0.25) is 5.91 Å². The van der Waals surface area contributed by atoms with E-state index in [9.17, 15) is 24.3 Å². The van der Waals surface area contributed by atoms with Crippen LogP contribution >= 0.6 is 0 Å². The molecule has 4 heterocycles. The molecule has 0 unspecified atom stereocenters. The van der Waals surface area contributed by atoms with Crippen LogP contribution in [0.2, 0.25) is 0 Å². The number of ether oxygens (including phenoxy) is 2. The minimum atomic E-state index is -1.22. The summed E-state index contributed by atoms with van der Waals surface area (Å²) in [6.07, 6.45) is 1.13. The molecule has 2 aliphatic rings. The Labute approximate surface area is 226 Å². The molecular formula is C26H34N6O7. The first kappa shape index (κ1) is 27.9. The van der Waals surface area contributed by atoms with Gasteiger partial charge in [-0.05, 0) is 44.4 Å². The van der Waals surface area contributed by atoms with Crippen molar-refractivity contribution in [3.8, 4) is 5.82 Å². The Kier molecular flexibility index (Phi) is 7.79. The van der Waals surface area contributed by atoms with Crippen LogP contribution in [0.25, 0.3) is 5.82 Å². The minimum Gasteiger partial charge on any atom is -0.480 e. The van der Waals surface area contributed by atoms with Crippen molar-refractivity contribution < 1.29 is 33.8 Å². The van der Waals surface area contributed by atoms with Crippen LogP contribution in [0.5, 0.6) is 0 Å². The van der Waals surface area contributed by atoms with Gasteiger partial charge in [0, 0.05) is 18.8 Å². The number of carbonyl (C=O) groups excluding carboxylic acids is 3. The second kappa shape index (κ2) is 10.9. The molecule has 0 spiro atoms. The van der Waals surface area contributed by atoms with Crippen LogP contribution in [0, 0.1) is 5.92 Å². The molecule has 1 saturated heterocycles. The van der Waals surface area contributed by atoms with E-state index in [4.69, 9.17) is 9.47 Å². The van der Waals surface area contributed by atoms with E-state index in [0.717, 1.165) is 16.2 Å². The van der Waals surface area contributed by atoms with Gasteiger partial charge in [0.25, 0.3) is 0 Å². The third-order valence-corrected chi connectivity index (χ3v) is 6.46. The standard InChI is InChI=1S/C26H34N6O7/c1-15(2)21(29-24(36)39-26(3,4)5)22(33)31-13-17(11-19(31)23(34)35)38-25(37)30-12-16-7-8-20(28-18(16)14-30)32-10-6-9-27-32/h6-10,15,17,19,21H,11-14H2,1-5H3,(H,29,36)(H,34,35)/t17-,19+,21+/m1/s1. The van der Waals surface area contributed by atoms with Crippen molar-refractivity contribution in [2.75, 3.05) is 6.54 Å². The fraction of sp³-hybridized carbons (Fsp3) is 0.538. The molecule has 0 aromatic carbocycles. The quantitative estimate of drug-likeness (QED) is 0.559. The summed E-state index contributed by atoms with van der Waals surface area (Å²) in [5.74, 6) is -1.51. The van der Waals surface area contributed by atoms with Gasteiger partial charge in [-0.25, -0.2) is 24.0 Å². The third kappa shape index (κ3) is 6.47. The number of hydrogen-bond acceptors (Lipinski definition) is 8. The van der Waals surface area contributed by atoms with Gasteiger partial charge in [0.05, 0.1) is 25.3 Å². The molecule has 3 atom stereocenters. The summed E-state index contributed by atoms with van der Waals surface area (Å²) >= 11 is 0. The molecule has 2 aromatic heterocycles. The molecule has 0 aliphatic carbocycles. The Morgan fingerprint density at radius 1 is 1.15 bits per heavy atom. The number of hydrogen-bond donors (Lipinski definition) is 2. The van der Waals surface area contributed by atoms with E-state index in [1.54, 1.807) is 57.8 Å². The van der Waals surface area contributed by atoms with E-state index in [1.807, 2.05) is 12.1 Å². The maximum atomic E-state index is 13.4. The molecule has 0 radical (unpaired) electrons. The first-order valence-electron chi connectivity index (χ1n) is 12.8. The second-order valence-corrected chi connectivity index (χ2v) is 11.0. The molecule has 1 fully saturated rings. The Balaban J connectivity index is 1.40. The number of nitrogens with one attached hydrogen (secondary N) is 1. The van der Waals surface area contributed by atoms with Gasteiger partial charge in [-0.3, -0.25) is 9.69 Å². The van der Waals surface area contributed by atoms with E-state index in [2.05, 4.69) is 15.4 Å². The van der Waals surface area contributed by atoms with Gasteiger partial charge in [-0.2, -0.15) is 5.10 Å². The maximum absolute atomic E-state index is 13.4. The molecule has 3 amide bonds. The molecule has 2 N–H and O–H groups in total. The zero-order valence-electron chi connectivity index (χ0n) is 22.7. The van der Waals surface area contributed by atoms with Crippen molar-refractivity contribution in [3.05, 3.63) is 41.9 Å². The minimum absolute atomic E-state index is 0.0629. The summed E-state index contributed by atoms with van der Waals surface area (Å²) in [4.78, 5) is 58.0. The lowest BCUT2D eigenvalue weighted by atomic mass is 10.0. The predicted molar refractivity (Wildman–Crippen MR) is 137 cm³/mol. The highest BCUT2D eigenvalue weighted by Crippen LogP contribution is 2.27. The fourth-order valence-corrected chi connectivity index (χ4v) is 4.61. The Morgan fingerprint density at radius 2 is 1.90 bits per heavy atom. The number of carboxylic acid groups (broad SMARTS) is 1. The number of pyridine rings is 1. The molecule has 0 saturated carbocycles. The summed E-state index contributed by atoms with van der Waals surface area (Å²) in [5, 5.41) is 16.5. The van der Waals surface area contributed by atoms with E-state index in [0.29, 0.717) is 12.4 Å². The largest absolute Gasteiger partial charge is 0.480 e. The SMILES string of the molecule is CC(C)[C@H](NC(=O)OC(C)(C)C)C(=O)N1C[C@H](OC(=O)N2Cc3ccc(-n4cccn4)nc3C2)C[C@H]1C(=O)O. The summed E-state index contributed by atoms with van der Waals surface area (Å²) < 4.78 is 12.5. The van der Waals surface area contributed by atoms with Crippen LogP contribution in [-0.2, 0) is 32.2 Å². The van der Waals surface area contributed by atoms with E-state index in [-0.39, 0.29) is 25.4 Å². The lowest BCUT2D eigenvalue weighted by Crippen LogP contribution is -2.54. The number of fused-ring (bicyclic) bond motifs is 1. The van der Waals surface area contributed by atoms with E-state index in [1.165, 1.54) is 4.90 Å². The average Bonchev–Trinajstić information content (AvgIpc) is 3.59. The van der Waals surface area contributed by atoms with Gasteiger partial charge in [0.15, 0.2) is 5.82 Å². The zero-order chi connectivity index (χ0) is 28.5. The monoisotopic (exact) mass is 542 g/mol. The Hall–Kier alpha value is -4.16. The first-order chi connectivity index (χ1) is 18.3. The van der Waals surface area contributed by atoms with Crippen LogP contribution in [0.1, 0.15) is 52.3 Å². The number of alkyl carbamates (subject to hydrolysis) is 1. The van der Waals surface area contributed by atoms with Crippen LogP contribution in [-0.4, -0.2) is 84.1 Å². The summed E-state index contributed by atoms with van der Waals surface area (Å²) in [7, 11) is 0. The normalized spacial score (nSPS) is 19.5. The molecule has 2 aliphatic heterocycles. The summed E-state index contributed by atoms with van der Waals surface area (Å²) in [6.45, 7) is 9.00. The molecule has 210 valence electrons.